The lowest BCUT2D eigenvalue weighted by molar-refractivity contribution is 0.587. The Morgan fingerprint density at radius 1 is 1.25 bits per heavy atom. The van der Waals surface area contributed by atoms with Crippen LogP contribution in [0.4, 0.5) is 0 Å². The lowest BCUT2D eigenvalue weighted by atomic mass is 9.87. The van der Waals surface area contributed by atoms with Crippen molar-refractivity contribution in [3.8, 4) is 0 Å². The second-order valence-electron chi connectivity index (χ2n) is 3.85. The Kier molecular flexibility index (Phi) is 3.05. The number of benzene rings is 1. The molecule has 0 aliphatic rings. The van der Waals surface area contributed by atoms with Gasteiger partial charge in [0.2, 0.25) is 0 Å². The first-order valence-corrected chi connectivity index (χ1v) is 5.33. The molecule has 1 aromatic carbocycles. The van der Waals surface area contributed by atoms with Crippen LogP contribution in [0.2, 0.25) is 5.02 Å². The van der Waals surface area contributed by atoms with Crippen LogP contribution in [0.25, 0.3) is 0 Å². The first-order valence-electron chi connectivity index (χ1n) is 3.87. The zero-order valence-corrected chi connectivity index (χ0v) is 10.4. The summed E-state index contributed by atoms with van der Waals surface area (Å²) in [6, 6.07) is 6.02. The van der Waals surface area contributed by atoms with Gasteiger partial charge in [0, 0.05) is 8.59 Å². The maximum atomic E-state index is 6.11. The van der Waals surface area contributed by atoms with Crippen molar-refractivity contribution in [3.05, 3.63) is 32.4 Å². The summed E-state index contributed by atoms with van der Waals surface area (Å²) in [5, 5.41) is 0.870. The van der Waals surface area contributed by atoms with Crippen LogP contribution in [0.3, 0.4) is 0 Å². The van der Waals surface area contributed by atoms with E-state index in [2.05, 4.69) is 49.4 Å². The normalized spacial score (nSPS) is 11.8. The smallest absolute Gasteiger partial charge is 0.0453 e. The van der Waals surface area contributed by atoms with Crippen LogP contribution in [0.1, 0.15) is 26.3 Å². The summed E-state index contributed by atoms with van der Waals surface area (Å²) in [4.78, 5) is 0. The third-order valence-electron chi connectivity index (χ3n) is 1.71. The number of halogens is 2. The molecule has 1 rings (SSSR count). The van der Waals surface area contributed by atoms with E-state index >= 15 is 0 Å². The van der Waals surface area contributed by atoms with E-state index < -0.39 is 0 Å². The third kappa shape index (κ3) is 2.13. The van der Waals surface area contributed by atoms with E-state index in [4.69, 9.17) is 11.6 Å². The molecule has 0 aliphatic heterocycles. The molecule has 0 amide bonds. The fourth-order valence-corrected chi connectivity index (χ4v) is 3.14. The zero-order valence-electron chi connectivity index (χ0n) is 7.49. The number of rotatable bonds is 0. The summed E-state index contributed by atoms with van der Waals surface area (Å²) in [6.45, 7) is 6.53. The molecule has 0 atom stereocenters. The summed E-state index contributed by atoms with van der Waals surface area (Å²) in [5.41, 5.74) is 1.38. The Balaban J connectivity index is 3.31. The van der Waals surface area contributed by atoms with Gasteiger partial charge < -0.3 is 0 Å². The standard InChI is InChI=1S/C10H12ClI/c1-10(2,3)9-7(11)5-4-6-8(9)12/h4-6H,1-3H3. The summed E-state index contributed by atoms with van der Waals surface area (Å²) < 4.78 is 1.24. The third-order valence-corrected chi connectivity index (χ3v) is 2.93. The van der Waals surface area contributed by atoms with Crippen molar-refractivity contribution in [2.24, 2.45) is 0 Å². The molecule has 0 heterocycles. The molecule has 0 bridgehead atoms. The molecule has 0 saturated carbocycles. The summed E-state index contributed by atoms with van der Waals surface area (Å²) in [5.74, 6) is 0. The SMILES string of the molecule is CC(C)(C)c1c(Cl)cccc1I. The molecule has 0 unspecified atom stereocenters. The van der Waals surface area contributed by atoms with Crippen LogP contribution in [0.5, 0.6) is 0 Å². The molecule has 12 heavy (non-hydrogen) atoms. The maximum Gasteiger partial charge on any atom is 0.0453 e. The van der Waals surface area contributed by atoms with E-state index in [9.17, 15) is 0 Å². The van der Waals surface area contributed by atoms with Gasteiger partial charge in [-0.15, -0.1) is 0 Å². The highest BCUT2D eigenvalue weighted by Crippen LogP contribution is 2.32. The van der Waals surface area contributed by atoms with E-state index in [1.807, 2.05) is 12.1 Å². The summed E-state index contributed by atoms with van der Waals surface area (Å²) in [6.07, 6.45) is 0. The molecule has 1 aromatic rings. The van der Waals surface area contributed by atoms with Crippen molar-refractivity contribution in [2.75, 3.05) is 0 Å². The average Bonchev–Trinajstić information content (AvgIpc) is 1.82. The highest BCUT2D eigenvalue weighted by Gasteiger charge is 2.19. The molecule has 0 radical (unpaired) electrons. The van der Waals surface area contributed by atoms with Crippen molar-refractivity contribution in [1.29, 1.82) is 0 Å². The topological polar surface area (TPSA) is 0 Å². The van der Waals surface area contributed by atoms with Crippen molar-refractivity contribution >= 4 is 34.2 Å². The Bertz CT molecular complexity index is 266. The number of hydrogen-bond donors (Lipinski definition) is 0. The van der Waals surface area contributed by atoms with E-state index in [0.717, 1.165) is 5.02 Å². The van der Waals surface area contributed by atoms with Crippen LogP contribution in [-0.2, 0) is 5.41 Å². The molecular weight excluding hydrogens is 282 g/mol. The van der Waals surface area contributed by atoms with Gasteiger partial charge >= 0.3 is 0 Å². The monoisotopic (exact) mass is 294 g/mol. The van der Waals surface area contributed by atoms with E-state index in [1.165, 1.54) is 9.13 Å². The van der Waals surface area contributed by atoms with Gasteiger partial charge in [-0.2, -0.15) is 0 Å². The molecule has 0 saturated heterocycles. The van der Waals surface area contributed by atoms with Gasteiger partial charge in [-0.3, -0.25) is 0 Å². The quantitative estimate of drug-likeness (QED) is 0.628. The van der Waals surface area contributed by atoms with E-state index in [-0.39, 0.29) is 5.41 Å². The predicted molar refractivity (Wildman–Crippen MR) is 62.9 cm³/mol. The molecule has 0 fully saturated rings. The molecule has 0 spiro atoms. The van der Waals surface area contributed by atoms with Crippen molar-refractivity contribution in [2.45, 2.75) is 26.2 Å². The van der Waals surface area contributed by atoms with Crippen LogP contribution in [0.15, 0.2) is 18.2 Å². The lowest BCUT2D eigenvalue weighted by Crippen LogP contribution is -2.13. The van der Waals surface area contributed by atoms with E-state index in [0.29, 0.717) is 0 Å². The predicted octanol–water partition coefficient (Wildman–Crippen LogP) is 4.24. The van der Waals surface area contributed by atoms with Gasteiger partial charge in [-0.25, -0.2) is 0 Å². The van der Waals surface area contributed by atoms with Crippen LogP contribution < -0.4 is 0 Å². The van der Waals surface area contributed by atoms with Gasteiger partial charge in [0.25, 0.3) is 0 Å². The fraction of sp³-hybridized carbons (Fsp3) is 0.400. The van der Waals surface area contributed by atoms with Gasteiger partial charge in [0.15, 0.2) is 0 Å². The Hall–Kier alpha value is 0.240. The molecule has 0 nitrogen and oxygen atoms in total. The van der Waals surface area contributed by atoms with Crippen LogP contribution >= 0.6 is 34.2 Å². The second-order valence-corrected chi connectivity index (χ2v) is 5.42. The van der Waals surface area contributed by atoms with Gasteiger partial charge in [0.05, 0.1) is 0 Å². The molecule has 66 valence electrons. The molecule has 0 aromatic heterocycles. The van der Waals surface area contributed by atoms with Gasteiger partial charge in [-0.05, 0) is 45.7 Å². The Labute approximate surface area is 92.5 Å². The highest BCUT2D eigenvalue weighted by atomic mass is 127. The first-order chi connectivity index (χ1) is 5.43. The fourth-order valence-electron chi connectivity index (χ4n) is 1.21. The van der Waals surface area contributed by atoms with Crippen LogP contribution in [-0.4, -0.2) is 0 Å². The average molecular weight is 295 g/mol. The number of hydrogen-bond acceptors (Lipinski definition) is 0. The first kappa shape index (κ1) is 10.3. The minimum atomic E-state index is 0.134. The molecule has 2 heteroatoms. The molecule has 0 aliphatic carbocycles. The largest absolute Gasteiger partial charge is 0.0840 e. The van der Waals surface area contributed by atoms with Crippen molar-refractivity contribution in [1.82, 2.24) is 0 Å². The minimum Gasteiger partial charge on any atom is -0.0840 e. The maximum absolute atomic E-state index is 6.11. The molecule has 0 N–H and O–H groups in total. The van der Waals surface area contributed by atoms with Crippen molar-refractivity contribution < 1.29 is 0 Å². The molecular formula is C10H12ClI. The second kappa shape index (κ2) is 3.54. The van der Waals surface area contributed by atoms with Crippen molar-refractivity contribution in [3.63, 3.8) is 0 Å². The lowest BCUT2D eigenvalue weighted by Gasteiger charge is -2.22. The summed E-state index contributed by atoms with van der Waals surface area (Å²) in [7, 11) is 0. The van der Waals surface area contributed by atoms with Crippen LogP contribution in [0, 0.1) is 3.57 Å². The Morgan fingerprint density at radius 3 is 2.17 bits per heavy atom. The Morgan fingerprint density at radius 2 is 1.83 bits per heavy atom. The highest BCUT2D eigenvalue weighted by molar-refractivity contribution is 14.1. The van der Waals surface area contributed by atoms with Gasteiger partial charge in [-0.1, -0.05) is 38.4 Å². The van der Waals surface area contributed by atoms with E-state index in [1.54, 1.807) is 0 Å². The summed E-state index contributed by atoms with van der Waals surface area (Å²) >= 11 is 8.44. The van der Waals surface area contributed by atoms with Gasteiger partial charge in [0.1, 0.15) is 0 Å². The minimum absolute atomic E-state index is 0.134. The zero-order chi connectivity index (χ0) is 9.35.